The molecule has 1 amide bonds. The molecular weight excluding hydrogens is 409 g/mol. The Morgan fingerprint density at radius 2 is 1.90 bits per heavy atom. The smallest absolute Gasteiger partial charge is 0.243 e. The summed E-state index contributed by atoms with van der Waals surface area (Å²) < 4.78 is 41.9. The molecule has 0 fully saturated rings. The Morgan fingerprint density at radius 1 is 1.17 bits per heavy atom. The number of halogens is 1. The highest BCUT2D eigenvalue weighted by atomic mass is 32.2. The molecule has 160 valence electrons. The fourth-order valence-corrected chi connectivity index (χ4v) is 4.63. The maximum atomic E-state index is 13.6. The van der Waals surface area contributed by atoms with Crippen LogP contribution in [0.15, 0.2) is 47.4 Å². The van der Waals surface area contributed by atoms with Gasteiger partial charge in [-0.15, -0.1) is 5.10 Å². The standard InChI is InChI=1S/C20H24FN5O3S/c1-3-25(4-2)30(28,29)15-11-12-19-18(14-15)23-24-26(19)13-7-10-20(27)22-17-9-6-5-8-16(17)21/h5-6,8-9,11-12,14H,3-4,7,10,13H2,1-2H3,(H,22,27). The molecule has 1 heterocycles. The number of nitrogens with one attached hydrogen (secondary N) is 1. The van der Waals surface area contributed by atoms with Gasteiger partial charge >= 0.3 is 0 Å². The molecule has 0 aliphatic carbocycles. The van der Waals surface area contributed by atoms with Gasteiger partial charge < -0.3 is 5.32 Å². The first-order valence-corrected chi connectivity index (χ1v) is 11.2. The van der Waals surface area contributed by atoms with Crippen molar-refractivity contribution in [3.05, 3.63) is 48.3 Å². The van der Waals surface area contributed by atoms with Crippen molar-refractivity contribution < 1.29 is 17.6 Å². The quantitative estimate of drug-likeness (QED) is 0.559. The van der Waals surface area contributed by atoms with E-state index >= 15 is 0 Å². The summed E-state index contributed by atoms with van der Waals surface area (Å²) in [4.78, 5) is 12.2. The van der Waals surface area contributed by atoms with Crippen LogP contribution < -0.4 is 5.32 Å². The number of aryl methyl sites for hydroxylation is 1. The third-order valence-corrected chi connectivity index (χ3v) is 6.80. The molecule has 1 N–H and O–H groups in total. The van der Waals surface area contributed by atoms with Crippen LogP contribution >= 0.6 is 0 Å². The van der Waals surface area contributed by atoms with Gasteiger partial charge in [-0.1, -0.05) is 31.2 Å². The predicted octanol–water partition coefficient (Wildman–Crippen LogP) is 3.02. The fourth-order valence-electron chi connectivity index (χ4n) is 3.15. The minimum atomic E-state index is -3.57. The van der Waals surface area contributed by atoms with Crippen LogP contribution in [-0.4, -0.2) is 46.7 Å². The number of anilines is 1. The minimum absolute atomic E-state index is 0.149. The van der Waals surface area contributed by atoms with E-state index in [-0.39, 0.29) is 22.9 Å². The molecule has 0 aliphatic heterocycles. The van der Waals surface area contributed by atoms with Gasteiger partial charge in [-0.25, -0.2) is 17.5 Å². The fraction of sp³-hybridized carbons (Fsp3) is 0.350. The predicted molar refractivity (Wildman–Crippen MR) is 112 cm³/mol. The number of aromatic nitrogens is 3. The Bertz CT molecular complexity index is 1140. The Kier molecular flexibility index (Phi) is 6.78. The number of hydrogen-bond acceptors (Lipinski definition) is 5. The van der Waals surface area contributed by atoms with Crippen LogP contribution in [0.4, 0.5) is 10.1 Å². The second kappa shape index (κ2) is 9.31. The SMILES string of the molecule is CCN(CC)S(=O)(=O)c1ccc2c(c1)nnn2CCCC(=O)Nc1ccccc1F. The van der Waals surface area contributed by atoms with Gasteiger partial charge in [0.2, 0.25) is 15.9 Å². The molecule has 0 saturated carbocycles. The average Bonchev–Trinajstić information content (AvgIpc) is 3.13. The molecule has 0 radical (unpaired) electrons. The Hall–Kier alpha value is -2.85. The van der Waals surface area contributed by atoms with E-state index in [1.54, 1.807) is 42.8 Å². The van der Waals surface area contributed by atoms with E-state index in [0.29, 0.717) is 37.1 Å². The van der Waals surface area contributed by atoms with Gasteiger partial charge in [-0.3, -0.25) is 4.79 Å². The number of carbonyl (C=O) groups is 1. The molecule has 3 aromatic rings. The molecular formula is C20H24FN5O3S. The summed E-state index contributed by atoms with van der Waals surface area (Å²) >= 11 is 0. The van der Waals surface area contributed by atoms with E-state index in [1.807, 2.05) is 0 Å². The van der Waals surface area contributed by atoms with Crippen molar-refractivity contribution in [1.82, 2.24) is 19.3 Å². The Morgan fingerprint density at radius 3 is 2.60 bits per heavy atom. The number of carbonyl (C=O) groups excluding carboxylic acids is 1. The number of para-hydroxylation sites is 1. The number of rotatable bonds is 9. The highest BCUT2D eigenvalue weighted by molar-refractivity contribution is 7.89. The monoisotopic (exact) mass is 433 g/mol. The summed E-state index contributed by atoms with van der Waals surface area (Å²) in [6, 6.07) is 10.7. The van der Waals surface area contributed by atoms with E-state index in [4.69, 9.17) is 0 Å². The Labute approximate surface area is 174 Å². The lowest BCUT2D eigenvalue weighted by molar-refractivity contribution is -0.116. The first-order chi connectivity index (χ1) is 14.4. The lowest BCUT2D eigenvalue weighted by Gasteiger charge is -2.18. The molecule has 0 saturated heterocycles. The summed E-state index contributed by atoms with van der Waals surface area (Å²) in [6.45, 7) is 4.77. The number of nitrogens with zero attached hydrogens (tertiary/aromatic N) is 4. The Balaban J connectivity index is 1.65. The zero-order valence-electron chi connectivity index (χ0n) is 16.9. The van der Waals surface area contributed by atoms with Crippen molar-refractivity contribution in [2.45, 2.75) is 38.1 Å². The molecule has 8 nitrogen and oxygen atoms in total. The minimum Gasteiger partial charge on any atom is -0.324 e. The normalized spacial score (nSPS) is 11.9. The number of sulfonamides is 1. The molecule has 3 rings (SSSR count). The van der Waals surface area contributed by atoms with Crippen LogP contribution in [0.2, 0.25) is 0 Å². The molecule has 0 aliphatic rings. The molecule has 10 heteroatoms. The number of benzene rings is 2. The van der Waals surface area contributed by atoms with Crippen LogP contribution in [0, 0.1) is 5.82 Å². The lowest BCUT2D eigenvalue weighted by Crippen LogP contribution is -2.30. The van der Waals surface area contributed by atoms with Gasteiger partial charge in [0.25, 0.3) is 0 Å². The summed E-state index contributed by atoms with van der Waals surface area (Å²) in [5, 5.41) is 10.7. The first kappa shape index (κ1) is 21.8. The molecule has 2 aromatic carbocycles. The van der Waals surface area contributed by atoms with Crippen molar-refractivity contribution in [2.24, 2.45) is 0 Å². The van der Waals surface area contributed by atoms with Crippen molar-refractivity contribution >= 4 is 32.7 Å². The molecule has 30 heavy (non-hydrogen) atoms. The van der Waals surface area contributed by atoms with Gasteiger partial charge in [0.15, 0.2) is 0 Å². The van der Waals surface area contributed by atoms with Crippen molar-refractivity contribution in [2.75, 3.05) is 18.4 Å². The van der Waals surface area contributed by atoms with Gasteiger partial charge in [-0.2, -0.15) is 4.31 Å². The largest absolute Gasteiger partial charge is 0.324 e. The molecule has 0 unspecified atom stereocenters. The third kappa shape index (κ3) is 4.65. The van der Waals surface area contributed by atoms with Crippen LogP contribution in [0.1, 0.15) is 26.7 Å². The summed E-state index contributed by atoms with van der Waals surface area (Å²) in [7, 11) is -3.57. The molecule has 1 aromatic heterocycles. The average molecular weight is 434 g/mol. The van der Waals surface area contributed by atoms with E-state index < -0.39 is 15.8 Å². The van der Waals surface area contributed by atoms with Gasteiger partial charge in [-0.05, 0) is 36.8 Å². The van der Waals surface area contributed by atoms with Gasteiger partial charge in [0.1, 0.15) is 11.3 Å². The highest BCUT2D eigenvalue weighted by Gasteiger charge is 2.22. The highest BCUT2D eigenvalue weighted by Crippen LogP contribution is 2.21. The van der Waals surface area contributed by atoms with Crippen molar-refractivity contribution in [3.8, 4) is 0 Å². The molecule has 0 atom stereocenters. The molecule has 0 bridgehead atoms. The zero-order valence-corrected chi connectivity index (χ0v) is 17.7. The van der Waals surface area contributed by atoms with E-state index in [0.717, 1.165) is 0 Å². The summed E-state index contributed by atoms with van der Waals surface area (Å²) in [5.74, 6) is -0.777. The van der Waals surface area contributed by atoms with E-state index in [1.165, 1.54) is 22.5 Å². The van der Waals surface area contributed by atoms with Crippen molar-refractivity contribution in [1.29, 1.82) is 0 Å². The third-order valence-electron chi connectivity index (χ3n) is 4.75. The van der Waals surface area contributed by atoms with Crippen molar-refractivity contribution in [3.63, 3.8) is 0 Å². The van der Waals surface area contributed by atoms with Crippen LogP contribution in [0.25, 0.3) is 11.0 Å². The summed E-state index contributed by atoms with van der Waals surface area (Å²) in [6.07, 6.45) is 0.655. The van der Waals surface area contributed by atoms with Gasteiger partial charge in [0, 0.05) is 26.1 Å². The summed E-state index contributed by atoms with van der Waals surface area (Å²) in [5.41, 5.74) is 1.30. The second-order valence-corrected chi connectivity index (χ2v) is 8.62. The lowest BCUT2D eigenvalue weighted by atomic mass is 10.2. The number of fused-ring (bicyclic) bond motifs is 1. The van der Waals surface area contributed by atoms with Crippen LogP contribution in [0.5, 0.6) is 0 Å². The van der Waals surface area contributed by atoms with Gasteiger partial charge in [0.05, 0.1) is 16.1 Å². The second-order valence-electron chi connectivity index (χ2n) is 6.68. The topological polar surface area (TPSA) is 97.2 Å². The zero-order chi connectivity index (χ0) is 21.7. The van der Waals surface area contributed by atoms with E-state index in [2.05, 4.69) is 15.6 Å². The number of hydrogen-bond donors (Lipinski definition) is 1. The van der Waals surface area contributed by atoms with Crippen LogP contribution in [-0.2, 0) is 21.4 Å². The maximum absolute atomic E-state index is 13.6. The maximum Gasteiger partial charge on any atom is 0.243 e. The first-order valence-electron chi connectivity index (χ1n) is 9.74. The number of amides is 1. The van der Waals surface area contributed by atoms with E-state index in [9.17, 15) is 17.6 Å². The van der Waals surface area contributed by atoms with Crippen LogP contribution in [0.3, 0.4) is 0 Å². The molecule has 0 spiro atoms.